The third-order valence-electron chi connectivity index (χ3n) is 3.61. The second-order valence-electron chi connectivity index (χ2n) is 5.40. The summed E-state index contributed by atoms with van der Waals surface area (Å²) >= 11 is 0.546. The Balaban J connectivity index is 2.23. The fourth-order valence-corrected chi connectivity index (χ4v) is 3.32. The number of pyridine rings is 2. The van der Waals surface area contributed by atoms with Crippen LogP contribution in [0.25, 0.3) is 11.3 Å². The van der Waals surface area contributed by atoms with E-state index in [-0.39, 0.29) is 15.7 Å². The van der Waals surface area contributed by atoms with Gasteiger partial charge in [0.2, 0.25) is 0 Å². The van der Waals surface area contributed by atoms with E-state index in [4.69, 9.17) is 0 Å². The first-order valence-corrected chi connectivity index (χ1v) is 8.48. The maximum atomic E-state index is 13.5. The normalized spacial score (nSPS) is 11.1. The van der Waals surface area contributed by atoms with Crippen LogP contribution in [0.1, 0.15) is 11.1 Å². The molecule has 0 spiro atoms. The van der Waals surface area contributed by atoms with E-state index in [0.717, 1.165) is 6.07 Å². The third kappa shape index (κ3) is 3.94. The van der Waals surface area contributed by atoms with Crippen molar-refractivity contribution in [2.75, 3.05) is 0 Å². The molecule has 0 N–H and O–H groups in total. The molecule has 28 heavy (non-hydrogen) atoms. The lowest BCUT2D eigenvalue weighted by Gasteiger charge is -2.14. The molecular formula is C18H9F3N4O2S. The number of alkyl halides is 3. The van der Waals surface area contributed by atoms with Crippen LogP contribution in [-0.2, 0) is 6.18 Å². The van der Waals surface area contributed by atoms with Crippen molar-refractivity contribution >= 4 is 17.4 Å². The van der Waals surface area contributed by atoms with E-state index in [1.807, 2.05) is 0 Å². The predicted molar refractivity (Wildman–Crippen MR) is 94.4 cm³/mol. The topological polar surface area (TPSA) is 92.7 Å². The Morgan fingerprint density at radius 3 is 2.43 bits per heavy atom. The van der Waals surface area contributed by atoms with Crippen molar-refractivity contribution < 1.29 is 18.1 Å². The second-order valence-corrected chi connectivity index (χ2v) is 6.38. The lowest BCUT2D eigenvalue weighted by atomic mass is 10.1. The molecule has 0 fully saturated rings. The summed E-state index contributed by atoms with van der Waals surface area (Å²) in [6.45, 7) is 0. The minimum atomic E-state index is -4.80. The molecule has 0 amide bonds. The molecule has 0 radical (unpaired) electrons. The Bertz CT molecular complexity index is 1080. The van der Waals surface area contributed by atoms with Gasteiger partial charge >= 0.3 is 11.9 Å². The quantitative estimate of drug-likeness (QED) is 0.446. The van der Waals surface area contributed by atoms with Gasteiger partial charge in [-0.25, -0.2) is 9.97 Å². The van der Waals surface area contributed by atoms with Gasteiger partial charge in [-0.1, -0.05) is 30.3 Å². The van der Waals surface area contributed by atoms with Crippen LogP contribution in [0.5, 0.6) is 0 Å². The Morgan fingerprint density at radius 1 is 1.11 bits per heavy atom. The molecule has 0 saturated heterocycles. The van der Waals surface area contributed by atoms with Crippen LogP contribution >= 0.6 is 11.8 Å². The number of halogens is 3. The van der Waals surface area contributed by atoms with Gasteiger partial charge in [0.15, 0.2) is 5.03 Å². The van der Waals surface area contributed by atoms with Crippen LogP contribution in [0, 0.1) is 21.4 Å². The smallest absolute Gasteiger partial charge is 0.258 e. The number of hydrogen-bond donors (Lipinski definition) is 0. The molecule has 140 valence electrons. The largest absolute Gasteiger partial charge is 0.417 e. The fourth-order valence-electron chi connectivity index (χ4n) is 2.38. The summed E-state index contributed by atoms with van der Waals surface area (Å²) in [5, 5.41) is 20.0. The van der Waals surface area contributed by atoms with Gasteiger partial charge in [-0.15, -0.1) is 0 Å². The molecule has 3 aromatic rings. The molecular weight excluding hydrogens is 393 g/mol. The Labute approximate surface area is 160 Å². The number of benzene rings is 1. The van der Waals surface area contributed by atoms with E-state index in [1.165, 1.54) is 24.4 Å². The molecule has 2 aromatic heterocycles. The average Bonchev–Trinajstić information content (AvgIpc) is 2.67. The summed E-state index contributed by atoms with van der Waals surface area (Å²) in [4.78, 5) is 18.5. The van der Waals surface area contributed by atoms with E-state index in [1.54, 1.807) is 30.3 Å². The highest BCUT2D eigenvalue weighted by Crippen LogP contribution is 2.40. The molecule has 6 nitrogen and oxygen atoms in total. The van der Waals surface area contributed by atoms with Gasteiger partial charge in [0, 0.05) is 17.8 Å². The van der Waals surface area contributed by atoms with Crippen molar-refractivity contribution in [3.8, 4) is 17.3 Å². The minimum absolute atomic E-state index is 0.00647. The highest BCUT2D eigenvalue weighted by Gasteiger charge is 2.36. The van der Waals surface area contributed by atoms with Crippen LogP contribution in [0.3, 0.4) is 0 Å². The highest BCUT2D eigenvalue weighted by atomic mass is 32.2. The second kappa shape index (κ2) is 7.66. The van der Waals surface area contributed by atoms with Crippen LogP contribution in [0.4, 0.5) is 18.9 Å². The zero-order chi connectivity index (χ0) is 20.3. The van der Waals surface area contributed by atoms with Gasteiger partial charge in [-0.2, -0.15) is 18.4 Å². The van der Waals surface area contributed by atoms with Gasteiger partial charge in [-0.05, 0) is 23.9 Å². The Hall–Kier alpha value is -3.45. The van der Waals surface area contributed by atoms with Gasteiger partial charge in [0.05, 0.1) is 21.7 Å². The Kier molecular flexibility index (Phi) is 5.28. The lowest BCUT2D eigenvalue weighted by Crippen LogP contribution is -2.10. The Morgan fingerprint density at radius 2 is 1.82 bits per heavy atom. The molecule has 0 aliphatic rings. The van der Waals surface area contributed by atoms with Gasteiger partial charge in [0.25, 0.3) is 0 Å². The van der Waals surface area contributed by atoms with Gasteiger partial charge in [0.1, 0.15) is 11.1 Å². The van der Waals surface area contributed by atoms with Crippen molar-refractivity contribution in [1.82, 2.24) is 9.97 Å². The van der Waals surface area contributed by atoms with Gasteiger partial charge < -0.3 is 0 Å². The van der Waals surface area contributed by atoms with Crippen LogP contribution in [0.2, 0.25) is 0 Å². The number of hydrogen-bond acceptors (Lipinski definition) is 6. The van der Waals surface area contributed by atoms with Crippen molar-refractivity contribution in [1.29, 1.82) is 5.26 Å². The number of nitrogens with zero attached hydrogens (tertiary/aromatic N) is 4. The highest BCUT2D eigenvalue weighted by molar-refractivity contribution is 7.99. The van der Waals surface area contributed by atoms with E-state index in [0.29, 0.717) is 17.3 Å². The van der Waals surface area contributed by atoms with E-state index in [9.17, 15) is 28.5 Å². The van der Waals surface area contributed by atoms with Crippen LogP contribution < -0.4 is 0 Å². The number of nitro groups is 1. The number of nitriles is 1. The van der Waals surface area contributed by atoms with Gasteiger partial charge in [-0.3, -0.25) is 10.1 Å². The summed E-state index contributed by atoms with van der Waals surface area (Å²) in [6, 6.07) is 12.9. The molecule has 10 heteroatoms. The summed E-state index contributed by atoms with van der Waals surface area (Å²) < 4.78 is 40.6. The van der Waals surface area contributed by atoms with E-state index < -0.39 is 27.9 Å². The molecule has 0 unspecified atom stereocenters. The third-order valence-corrected chi connectivity index (χ3v) is 4.61. The molecule has 2 heterocycles. The standard InChI is InChI=1S/C18H9F3N4O2S/c19-18(20,21)13-9-14(11-5-2-1-3-6-11)24-16(12(13)10-22)28-17-15(25(26)27)7-4-8-23-17/h1-9H. The summed E-state index contributed by atoms with van der Waals surface area (Å²) in [7, 11) is 0. The zero-order valence-electron chi connectivity index (χ0n) is 13.8. The average molecular weight is 402 g/mol. The molecule has 1 aromatic carbocycles. The molecule has 0 aliphatic carbocycles. The first-order valence-electron chi connectivity index (χ1n) is 7.66. The van der Waals surface area contributed by atoms with Crippen LogP contribution in [0.15, 0.2) is 64.8 Å². The first-order chi connectivity index (χ1) is 13.3. The summed E-state index contributed by atoms with van der Waals surface area (Å²) in [6.07, 6.45) is -3.53. The zero-order valence-corrected chi connectivity index (χ0v) is 14.7. The first kappa shape index (κ1) is 19.3. The SMILES string of the molecule is N#Cc1c(C(F)(F)F)cc(-c2ccccc2)nc1Sc1ncccc1[N+](=O)[O-]. The molecule has 0 bridgehead atoms. The van der Waals surface area contributed by atoms with Crippen molar-refractivity contribution in [3.63, 3.8) is 0 Å². The maximum absolute atomic E-state index is 13.5. The fraction of sp³-hybridized carbons (Fsp3) is 0.0556. The predicted octanol–water partition coefficient (Wildman–Crippen LogP) is 5.09. The number of aromatic nitrogens is 2. The molecule has 0 aliphatic heterocycles. The number of rotatable bonds is 4. The van der Waals surface area contributed by atoms with E-state index >= 15 is 0 Å². The monoisotopic (exact) mass is 402 g/mol. The lowest BCUT2D eigenvalue weighted by molar-refractivity contribution is -0.388. The summed E-state index contributed by atoms with van der Waals surface area (Å²) in [5.74, 6) is 0. The maximum Gasteiger partial charge on any atom is 0.417 e. The van der Waals surface area contributed by atoms with Crippen molar-refractivity contribution in [3.05, 3.63) is 76.0 Å². The molecule has 0 saturated carbocycles. The van der Waals surface area contributed by atoms with Crippen molar-refractivity contribution in [2.45, 2.75) is 16.2 Å². The minimum Gasteiger partial charge on any atom is -0.258 e. The molecule has 0 atom stereocenters. The van der Waals surface area contributed by atoms with E-state index in [2.05, 4.69) is 9.97 Å². The van der Waals surface area contributed by atoms with Crippen molar-refractivity contribution in [2.24, 2.45) is 0 Å². The van der Waals surface area contributed by atoms with Crippen LogP contribution in [-0.4, -0.2) is 14.9 Å². The summed E-state index contributed by atoms with van der Waals surface area (Å²) in [5.41, 5.74) is -1.86. The molecule has 3 rings (SSSR count).